The van der Waals surface area contributed by atoms with Crippen LogP contribution in [-0.4, -0.2) is 22.9 Å². The van der Waals surface area contributed by atoms with Crippen LogP contribution in [0.15, 0.2) is 0 Å². The van der Waals surface area contributed by atoms with Crippen molar-refractivity contribution in [2.45, 2.75) is 71.1 Å². The van der Waals surface area contributed by atoms with Crippen LogP contribution in [0.25, 0.3) is 0 Å². The fourth-order valence-electron chi connectivity index (χ4n) is 1.89. The van der Waals surface area contributed by atoms with E-state index in [-0.39, 0.29) is 5.75 Å². The lowest BCUT2D eigenvalue weighted by Gasteiger charge is -2.03. The molecule has 0 fully saturated rings. The number of rotatable bonds is 13. The molecule has 0 bridgehead atoms. The van der Waals surface area contributed by atoms with E-state index in [0.717, 1.165) is 19.3 Å². The Morgan fingerprint density at radius 1 is 0.895 bits per heavy atom. The van der Waals surface area contributed by atoms with Crippen molar-refractivity contribution in [3.63, 3.8) is 0 Å². The highest BCUT2D eigenvalue weighted by molar-refractivity contribution is 7.95. The third-order valence-corrected chi connectivity index (χ3v) is 4.99. The first kappa shape index (κ1) is 19.0. The average Bonchev–Trinajstić information content (AvgIpc) is 2.30. The molecule has 0 aliphatic rings. The molecule has 0 amide bonds. The van der Waals surface area contributed by atoms with Gasteiger partial charge in [0.2, 0.25) is 0 Å². The van der Waals surface area contributed by atoms with Crippen molar-refractivity contribution in [3.05, 3.63) is 0 Å². The lowest BCUT2D eigenvalue weighted by molar-refractivity contribution is 0.440. The highest BCUT2D eigenvalue weighted by Gasteiger charge is 2.14. The van der Waals surface area contributed by atoms with E-state index in [9.17, 15) is 12.6 Å². The van der Waals surface area contributed by atoms with E-state index < -0.39 is 21.5 Å². The van der Waals surface area contributed by atoms with Gasteiger partial charge in [0.05, 0.1) is 5.75 Å². The van der Waals surface area contributed by atoms with Crippen LogP contribution >= 0.6 is 0 Å². The maximum Gasteiger partial charge on any atom is 0.317 e. The zero-order valence-electron chi connectivity index (χ0n) is 11.7. The Kier molecular flexibility index (Phi) is 11.8. The van der Waals surface area contributed by atoms with Crippen molar-refractivity contribution in [3.8, 4) is 0 Å². The van der Waals surface area contributed by atoms with Gasteiger partial charge in [-0.15, -0.1) is 3.63 Å². The fraction of sp³-hybridized carbons (Fsp3) is 1.00. The molecule has 7 heteroatoms. The first-order chi connectivity index (χ1) is 8.98. The molecule has 116 valence electrons. The van der Waals surface area contributed by atoms with Gasteiger partial charge in [0.15, 0.2) is 0 Å². The molecular formula is C12H26O5S2. The van der Waals surface area contributed by atoms with Gasteiger partial charge in [0.25, 0.3) is 10.1 Å². The molecule has 0 saturated carbocycles. The van der Waals surface area contributed by atoms with E-state index in [0.29, 0.717) is 6.42 Å². The van der Waals surface area contributed by atoms with Crippen LogP contribution in [0.3, 0.4) is 0 Å². The lowest BCUT2D eigenvalue weighted by Crippen LogP contribution is -2.11. The lowest BCUT2D eigenvalue weighted by atomic mass is 10.1. The van der Waals surface area contributed by atoms with Crippen LogP contribution in [0.2, 0.25) is 0 Å². The van der Waals surface area contributed by atoms with Crippen LogP contribution in [0.4, 0.5) is 0 Å². The van der Waals surface area contributed by atoms with E-state index in [2.05, 4.69) is 10.6 Å². The maximum absolute atomic E-state index is 11.1. The highest BCUT2D eigenvalue weighted by atomic mass is 32.3. The minimum atomic E-state index is -3.84. The first-order valence-electron chi connectivity index (χ1n) is 7.01. The minimum absolute atomic E-state index is 0.185. The monoisotopic (exact) mass is 314 g/mol. The Labute approximate surface area is 119 Å². The smallest absolute Gasteiger partial charge is 0.283 e. The van der Waals surface area contributed by atoms with E-state index in [1.54, 1.807) is 0 Å². The maximum atomic E-state index is 11.1. The predicted molar refractivity (Wildman–Crippen MR) is 77.5 cm³/mol. The standard InChI is InChI=1S/C12H26O5S2/c1-2-3-4-5-6-7-8-9-10-11-12-19(15,16)17-18(13)14/h2-12H2,1H3,(H,13,14). The molecule has 0 aliphatic heterocycles. The second kappa shape index (κ2) is 11.8. The molecule has 1 unspecified atom stereocenters. The Bertz CT molecular complexity index is 327. The van der Waals surface area contributed by atoms with Crippen LogP contribution in [0.5, 0.6) is 0 Å². The molecule has 0 radical (unpaired) electrons. The summed E-state index contributed by atoms with van der Waals surface area (Å²) >= 11 is -2.74. The summed E-state index contributed by atoms with van der Waals surface area (Å²) in [5.74, 6) is -0.185. The van der Waals surface area contributed by atoms with Crippen LogP contribution in [-0.2, 0) is 25.1 Å². The Balaban J connectivity index is 3.34. The van der Waals surface area contributed by atoms with Crippen molar-refractivity contribution in [2.24, 2.45) is 0 Å². The SMILES string of the molecule is CCCCCCCCCCCCS(=O)(=O)OS(=O)O. The molecule has 0 aromatic carbocycles. The predicted octanol–water partition coefficient (Wildman–Crippen LogP) is 3.39. The Morgan fingerprint density at radius 2 is 1.32 bits per heavy atom. The summed E-state index contributed by atoms with van der Waals surface area (Å²) < 4.78 is 44.6. The summed E-state index contributed by atoms with van der Waals surface area (Å²) in [7, 11) is -3.84. The zero-order chi connectivity index (χ0) is 14.6. The second-order valence-corrected chi connectivity index (χ2v) is 7.23. The molecule has 0 spiro atoms. The molecule has 0 saturated heterocycles. The van der Waals surface area contributed by atoms with Gasteiger partial charge in [-0.25, -0.2) is 0 Å². The molecule has 1 atom stereocenters. The van der Waals surface area contributed by atoms with Crippen molar-refractivity contribution < 1.29 is 20.8 Å². The molecular weight excluding hydrogens is 288 g/mol. The summed E-state index contributed by atoms with van der Waals surface area (Å²) in [6.45, 7) is 2.20. The van der Waals surface area contributed by atoms with Gasteiger partial charge in [-0.2, -0.15) is 12.6 Å². The van der Waals surface area contributed by atoms with Gasteiger partial charge in [-0.05, 0) is 6.42 Å². The highest BCUT2D eigenvalue weighted by Crippen LogP contribution is 2.11. The van der Waals surface area contributed by atoms with Crippen LogP contribution in [0.1, 0.15) is 71.1 Å². The molecule has 0 rings (SSSR count). The van der Waals surface area contributed by atoms with Gasteiger partial charge >= 0.3 is 11.4 Å². The molecule has 5 nitrogen and oxygen atoms in total. The van der Waals surface area contributed by atoms with E-state index in [1.807, 2.05) is 0 Å². The second-order valence-electron chi connectivity index (χ2n) is 4.73. The minimum Gasteiger partial charge on any atom is -0.283 e. The summed E-state index contributed by atoms with van der Waals surface area (Å²) in [5.41, 5.74) is 0. The first-order valence-corrected chi connectivity index (χ1v) is 9.62. The molecule has 0 aromatic heterocycles. The van der Waals surface area contributed by atoms with Gasteiger partial charge in [0.1, 0.15) is 0 Å². The van der Waals surface area contributed by atoms with Gasteiger partial charge in [0, 0.05) is 0 Å². The normalized spacial score (nSPS) is 13.6. The molecule has 19 heavy (non-hydrogen) atoms. The average molecular weight is 314 g/mol. The largest absolute Gasteiger partial charge is 0.317 e. The topological polar surface area (TPSA) is 80.7 Å². The van der Waals surface area contributed by atoms with E-state index in [4.69, 9.17) is 4.55 Å². The third-order valence-electron chi connectivity index (χ3n) is 2.91. The summed E-state index contributed by atoms with van der Waals surface area (Å²) in [6.07, 6.45) is 11.1. The van der Waals surface area contributed by atoms with Crippen molar-refractivity contribution in [2.75, 3.05) is 5.75 Å². The Hall–Kier alpha value is 0.0200. The molecule has 0 heterocycles. The van der Waals surface area contributed by atoms with Crippen LogP contribution in [0, 0.1) is 0 Å². The van der Waals surface area contributed by atoms with Gasteiger partial charge < -0.3 is 0 Å². The Morgan fingerprint density at radius 3 is 1.74 bits per heavy atom. The van der Waals surface area contributed by atoms with Crippen molar-refractivity contribution in [1.82, 2.24) is 0 Å². The summed E-state index contributed by atoms with van der Waals surface area (Å²) in [5, 5.41) is 0. The third kappa shape index (κ3) is 14.2. The van der Waals surface area contributed by atoms with Crippen molar-refractivity contribution >= 4 is 21.5 Å². The molecule has 1 N–H and O–H groups in total. The van der Waals surface area contributed by atoms with Crippen LogP contribution < -0.4 is 0 Å². The van der Waals surface area contributed by atoms with Gasteiger partial charge in [-0.1, -0.05) is 64.7 Å². The fourth-order valence-corrected chi connectivity index (χ4v) is 3.43. The molecule has 0 aliphatic carbocycles. The van der Waals surface area contributed by atoms with E-state index >= 15 is 0 Å². The van der Waals surface area contributed by atoms with Crippen molar-refractivity contribution in [1.29, 1.82) is 0 Å². The quantitative estimate of drug-likeness (QED) is 0.416. The summed E-state index contributed by atoms with van der Waals surface area (Å²) in [4.78, 5) is 0. The number of hydrogen-bond acceptors (Lipinski definition) is 4. The zero-order valence-corrected chi connectivity index (χ0v) is 13.3. The number of hydrogen-bond donors (Lipinski definition) is 1. The number of unbranched alkanes of at least 4 members (excludes halogenated alkanes) is 9. The van der Waals surface area contributed by atoms with Gasteiger partial charge in [-0.3, -0.25) is 4.55 Å². The molecule has 0 aromatic rings. The summed E-state index contributed by atoms with van der Waals surface area (Å²) in [6, 6.07) is 0. The van der Waals surface area contributed by atoms with E-state index in [1.165, 1.54) is 38.5 Å².